The van der Waals surface area contributed by atoms with E-state index in [9.17, 15) is 9.90 Å². The van der Waals surface area contributed by atoms with Gasteiger partial charge in [0.15, 0.2) is 6.54 Å². The number of hydrogen-bond acceptors (Lipinski definition) is 3. The number of rotatable bonds is 6. The number of aromatic nitrogens is 1. The number of aliphatic hydroxyl groups is 1. The van der Waals surface area contributed by atoms with Gasteiger partial charge in [-0.25, -0.2) is 4.98 Å². The van der Waals surface area contributed by atoms with Gasteiger partial charge in [0, 0.05) is 11.8 Å². The van der Waals surface area contributed by atoms with Gasteiger partial charge < -0.3 is 15.3 Å². The molecule has 0 fully saturated rings. The monoisotopic (exact) mass is 406 g/mol. The largest absolute Gasteiger partial charge is 0.382 e. The number of carbonyl (C=O) groups excluding carboxylic acids is 1. The highest BCUT2D eigenvalue weighted by Crippen LogP contribution is 2.34. The minimum atomic E-state index is -0.621. The van der Waals surface area contributed by atoms with E-state index in [4.69, 9.17) is 0 Å². The van der Waals surface area contributed by atoms with E-state index in [1.807, 2.05) is 68.6 Å². The number of para-hydroxylation sites is 1. The van der Waals surface area contributed by atoms with E-state index in [0.29, 0.717) is 0 Å². The molecule has 4 rings (SSSR count). The molecular formula is C24H30N4O2+2. The zero-order chi connectivity index (χ0) is 21.3. The van der Waals surface area contributed by atoms with Crippen molar-refractivity contribution in [3.8, 4) is 0 Å². The molecule has 1 aromatic heterocycles. The van der Waals surface area contributed by atoms with Crippen molar-refractivity contribution in [1.82, 2.24) is 0 Å². The van der Waals surface area contributed by atoms with E-state index in [2.05, 4.69) is 22.2 Å². The van der Waals surface area contributed by atoms with Crippen molar-refractivity contribution in [2.45, 2.75) is 25.5 Å². The Morgan fingerprint density at radius 3 is 2.67 bits per heavy atom. The van der Waals surface area contributed by atoms with Gasteiger partial charge in [-0.15, -0.1) is 0 Å². The van der Waals surface area contributed by atoms with Gasteiger partial charge in [0.25, 0.3) is 11.7 Å². The minimum absolute atomic E-state index is 0.0484. The molecule has 1 amide bonds. The summed E-state index contributed by atoms with van der Waals surface area (Å²) >= 11 is 0. The van der Waals surface area contributed by atoms with Crippen LogP contribution in [0.15, 0.2) is 54.6 Å². The summed E-state index contributed by atoms with van der Waals surface area (Å²) < 4.78 is 0. The van der Waals surface area contributed by atoms with Crippen molar-refractivity contribution >= 4 is 28.3 Å². The Kier molecular flexibility index (Phi) is 5.70. The van der Waals surface area contributed by atoms with Crippen molar-refractivity contribution in [2.24, 2.45) is 0 Å². The highest BCUT2D eigenvalue weighted by atomic mass is 16.3. The lowest BCUT2D eigenvalue weighted by Crippen LogP contribution is -3.14. The zero-order valence-corrected chi connectivity index (χ0v) is 17.8. The number of carbonyl (C=O) groups is 1. The molecule has 0 saturated heterocycles. The Hall–Kier alpha value is -2.96. The summed E-state index contributed by atoms with van der Waals surface area (Å²) in [5.41, 5.74) is 3.93. The van der Waals surface area contributed by atoms with Gasteiger partial charge in [-0.1, -0.05) is 42.5 Å². The van der Waals surface area contributed by atoms with Crippen molar-refractivity contribution in [2.75, 3.05) is 37.4 Å². The number of pyridine rings is 1. The molecule has 4 N–H and O–H groups in total. The number of likely N-dealkylation sites (N-methyl/N-ethyl adjacent to an activating group) is 2. The lowest BCUT2D eigenvalue weighted by molar-refractivity contribution is -0.900. The number of amides is 1. The molecule has 0 spiro atoms. The normalized spacial score (nSPS) is 16.2. The number of anilines is 2. The van der Waals surface area contributed by atoms with E-state index in [1.54, 1.807) is 0 Å². The molecule has 156 valence electrons. The Morgan fingerprint density at radius 2 is 1.90 bits per heavy atom. The van der Waals surface area contributed by atoms with Gasteiger partial charge >= 0.3 is 0 Å². The molecule has 30 heavy (non-hydrogen) atoms. The molecule has 3 atom stereocenters. The summed E-state index contributed by atoms with van der Waals surface area (Å²) in [6, 6.07) is 17.6. The zero-order valence-electron chi connectivity index (χ0n) is 17.8. The Labute approximate surface area is 177 Å². The van der Waals surface area contributed by atoms with Crippen LogP contribution in [0.3, 0.4) is 0 Å². The summed E-state index contributed by atoms with van der Waals surface area (Å²) in [5.74, 6) is 1.02. The molecule has 3 aromatic rings. The average molecular weight is 407 g/mol. The van der Waals surface area contributed by atoms with Crippen LogP contribution < -0.4 is 20.1 Å². The smallest absolute Gasteiger partial charge is 0.280 e. The van der Waals surface area contributed by atoms with Gasteiger partial charge in [-0.05, 0) is 24.6 Å². The molecule has 6 nitrogen and oxygen atoms in total. The average Bonchev–Trinajstić information content (AvgIpc) is 3.13. The number of aliphatic hydroxyl groups excluding tert-OH is 1. The fourth-order valence-corrected chi connectivity index (χ4v) is 4.20. The molecule has 0 aliphatic carbocycles. The third-order valence-corrected chi connectivity index (χ3v) is 6.21. The lowest BCUT2D eigenvalue weighted by atomic mass is 10.0. The van der Waals surface area contributed by atoms with Crippen LogP contribution in [-0.4, -0.2) is 44.2 Å². The van der Waals surface area contributed by atoms with E-state index in [0.717, 1.165) is 51.4 Å². The molecule has 0 radical (unpaired) electrons. The molecule has 0 bridgehead atoms. The van der Waals surface area contributed by atoms with Crippen LogP contribution in [0.4, 0.5) is 11.5 Å². The van der Waals surface area contributed by atoms with E-state index < -0.39 is 6.10 Å². The summed E-state index contributed by atoms with van der Waals surface area (Å²) in [7, 11) is 4.01. The quantitative estimate of drug-likeness (QED) is 0.577. The predicted molar refractivity (Wildman–Crippen MR) is 119 cm³/mol. The second-order valence-electron chi connectivity index (χ2n) is 8.26. The molecule has 1 aliphatic rings. The van der Waals surface area contributed by atoms with Gasteiger partial charge in [-0.2, -0.15) is 0 Å². The Morgan fingerprint density at radius 1 is 1.20 bits per heavy atom. The second kappa shape index (κ2) is 8.42. The lowest BCUT2D eigenvalue weighted by Gasteiger charge is -2.26. The fraction of sp³-hybridized carbons (Fsp3) is 0.333. The van der Waals surface area contributed by atoms with Gasteiger partial charge in [0.1, 0.15) is 17.7 Å². The summed E-state index contributed by atoms with van der Waals surface area (Å²) in [6.45, 7) is 3.18. The van der Waals surface area contributed by atoms with Crippen molar-refractivity contribution in [1.29, 1.82) is 0 Å². The van der Waals surface area contributed by atoms with Crippen LogP contribution in [0.25, 0.3) is 10.9 Å². The summed E-state index contributed by atoms with van der Waals surface area (Å²) in [6.07, 6.45) is 0.276. The number of nitrogens with one attached hydrogen (secondary N) is 3. The van der Waals surface area contributed by atoms with Crippen LogP contribution in [0.2, 0.25) is 0 Å². The van der Waals surface area contributed by atoms with Crippen LogP contribution in [0.1, 0.15) is 24.2 Å². The van der Waals surface area contributed by atoms with Crippen molar-refractivity contribution < 1.29 is 19.8 Å². The number of H-pyrrole nitrogens is 1. The second-order valence-corrected chi connectivity index (χ2v) is 8.26. The number of aromatic amines is 1. The first-order valence-electron chi connectivity index (χ1n) is 10.5. The molecule has 1 unspecified atom stereocenters. The number of fused-ring (bicyclic) bond motifs is 2. The van der Waals surface area contributed by atoms with Crippen LogP contribution >= 0.6 is 0 Å². The molecule has 2 heterocycles. The first-order chi connectivity index (χ1) is 14.5. The predicted octanol–water partition coefficient (Wildman–Crippen LogP) is 1.22. The first-order valence-corrected chi connectivity index (χ1v) is 10.5. The molecular weight excluding hydrogens is 376 g/mol. The van der Waals surface area contributed by atoms with Crippen LogP contribution in [-0.2, 0) is 11.2 Å². The highest BCUT2D eigenvalue weighted by molar-refractivity contribution is 6.03. The molecule has 2 aromatic carbocycles. The maximum Gasteiger partial charge on any atom is 0.280 e. The van der Waals surface area contributed by atoms with Gasteiger partial charge in [0.05, 0.1) is 31.9 Å². The van der Waals surface area contributed by atoms with E-state index in [1.165, 1.54) is 0 Å². The Balaban J connectivity index is 1.53. The van der Waals surface area contributed by atoms with Gasteiger partial charge in [0.2, 0.25) is 0 Å². The van der Waals surface area contributed by atoms with Crippen LogP contribution in [0, 0.1) is 0 Å². The minimum Gasteiger partial charge on any atom is -0.382 e. The van der Waals surface area contributed by atoms with Crippen molar-refractivity contribution in [3.63, 3.8) is 0 Å². The topological polar surface area (TPSA) is 71.1 Å². The van der Waals surface area contributed by atoms with Crippen molar-refractivity contribution in [3.05, 3.63) is 65.7 Å². The summed E-state index contributed by atoms with van der Waals surface area (Å²) in [4.78, 5) is 19.6. The SMILES string of the molecule is C[C@@H]([C@@H](O)c1ccccc1)[NH+](C)CC(=O)Nc1c2c([nH+]c3ccccc13)N(C)CC2. The first kappa shape index (κ1) is 20.3. The number of quaternary nitrogens is 1. The molecule has 0 saturated carbocycles. The Bertz CT molecular complexity index is 1050. The third-order valence-electron chi connectivity index (χ3n) is 6.21. The van der Waals surface area contributed by atoms with E-state index in [-0.39, 0.29) is 18.5 Å². The van der Waals surface area contributed by atoms with Crippen LogP contribution in [0.5, 0.6) is 0 Å². The highest BCUT2D eigenvalue weighted by Gasteiger charge is 2.31. The molecule has 1 aliphatic heterocycles. The van der Waals surface area contributed by atoms with Gasteiger partial charge in [-0.3, -0.25) is 9.69 Å². The van der Waals surface area contributed by atoms with E-state index >= 15 is 0 Å². The maximum absolute atomic E-state index is 13.0. The third kappa shape index (κ3) is 3.88. The maximum atomic E-state index is 13.0. The standard InChI is InChI=1S/C24H28N4O2/c1-16(23(30)17-9-5-4-6-10-17)28(3)15-21(29)26-22-18-11-7-8-12-20(18)25-24-19(22)13-14-27(24)2/h4-12,16,23,30H,13-15H2,1-3H3,(H,25,26,29)/p+2/t16-,23+/m0/s1. The number of benzene rings is 2. The number of hydrogen-bond donors (Lipinski definition) is 3. The number of nitrogens with zero attached hydrogens (tertiary/aromatic N) is 1. The molecule has 6 heteroatoms. The fourth-order valence-electron chi connectivity index (χ4n) is 4.20. The summed E-state index contributed by atoms with van der Waals surface area (Å²) in [5, 5.41) is 14.9.